The number of hydrogen-bond donors (Lipinski definition) is 1. The molecule has 2 aromatic carbocycles. The van der Waals surface area contributed by atoms with Gasteiger partial charge in [0, 0.05) is 5.69 Å². The van der Waals surface area contributed by atoms with Crippen molar-refractivity contribution < 1.29 is 44.0 Å². The first-order valence-electron chi connectivity index (χ1n) is 9.37. The summed E-state index contributed by atoms with van der Waals surface area (Å²) < 4.78 is 65.1. The van der Waals surface area contributed by atoms with Crippen molar-refractivity contribution in [2.24, 2.45) is 4.99 Å². The van der Waals surface area contributed by atoms with Crippen molar-refractivity contribution in [2.45, 2.75) is 6.42 Å². The molecule has 0 aliphatic carbocycles. The van der Waals surface area contributed by atoms with E-state index < -0.39 is 13.9 Å². The quantitative estimate of drug-likeness (QED) is 0.148. The fourth-order valence-corrected chi connectivity index (χ4v) is 2.25. The molecule has 184 valence electrons. The summed E-state index contributed by atoms with van der Waals surface area (Å²) >= 11 is 0. The Balaban J connectivity index is 0.000000675. The third-order valence-electron chi connectivity index (χ3n) is 3.71. The number of benzene rings is 2. The zero-order valence-corrected chi connectivity index (χ0v) is 19.0. The summed E-state index contributed by atoms with van der Waals surface area (Å²) in [5.41, 5.74) is 3.50. The summed E-state index contributed by atoms with van der Waals surface area (Å²) in [6, 6.07) is 15.0. The van der Waals surface area contributed by atoms with Crippen molar-refractivity contribution in [3.8, 4) is 0 Å². The summed E-state index contributed by atoms with van der Waals surface area (Å²) in [4.78, 5) is 25.6. The number of halogens is 6. The van der Waals surface area contributed by atoms with E-state index in [1.807, 2.05) is 57.5 Å². The van der Waals surface area contributed by atoms with Crippen LogP contribution in [0.2, 0.25) is 0 Å². The number of anilines is 1. The Hall–Kier alpha value is -2.94. The molecule has 0 aliphatic heterocycles. The molecule has 0 aliphatic rings. The van der Waals surface area contributed by atoms with Gasteiger partial charge in [-0.3, -0.25) is 5.32 Å². The molecule has 1 amide bonds. The molecule has 0 saturated heterocycles. The summed E-state index contributed by atoms with van der Waals surface area (Å²) in [7, 11) is -4.52. The Labute approximate surface area is 186 Å². The molecule has 33 heavy (non-hydrogen) atoms. The molecule has 0 spiro atoms. The molecule has 0 heterocycles. The molecule has 0 bridgehead atoms. The van der Waals surface area contributed by atoms with Crippen LogP contribution in [0.25, 0.3) is 0 Å². The maximum atomic E-state index is 11.8. The molecule has 2 rings (SSSR count). The van der Waals surface area contributed by atoms with Gasteiger partial charge >= 0.3 is 39.1 Å². The molecule has 6 nitrogen and oxygen atoms in total. The second-order valence-corrected chi connectivity index (χ2v) is 9.89. The number of likely N-dealkylation sites (N-methyl/N-ethyl adjacent to an activating group) is 1. The van der Waals surface area contributed by atoms with Crippen LogP contribution in [0.5, 0.6) is 0 Å². The van der Waals surface area contributed by atoms with Gasteiger partial charge in [0.2, 0.25) is 6.08 Å². The Kier molecular flexibility index (Phi) is 8.43. The van der Waals surface area contributed by atoms with Crippen LogP contribution in [-0.4, -0.2) is 51.0 Å². The van der Waals surface area contributed by atoms with E-state index in [1.165, 1.54) is 6.08 Å². The van der Waals surface area contributed by atoms with Crippen molar-refractivity contribution in [3.63, 3.8) is 0 Å². The summed E-state index contributed by atoms with van der Waals surface area (Å²) in [5.74, 6) is 0. The van der Waals surface area contributed by atoms with Gasteiger partial charge in [0.15, 0.2) is 0 Å². The number of nitrogens with zero attached hydrogens (tertiary/aromatic N) is 2. The van der Waals surface area contributed by atoms with Crippen LogP contribution in [-0.2, 0) is 16.0 Å². The van der Waals surface area contributed by atoms with E-state index in [9.17, 15) is 34.8 Å². The number of carbonyl (C=O) groups excluding carboxylic acids is 2. The van der Waals surface area contributed by atoms with E-state index in [1.54, 1.807) is 12.1 Å². The molecule has 0 saturated carbocycles. The standard InChI is InChI=1S/C20H23N3O3.F6P/c1-23(2,3)12-13-26-20(25)22-19-10-6-17(7-11-19)14-16-4-8-18(9-5-16)21-15-24;1-7(2,3,4,5)6/h4-11H,12-14H2,1-3H3;/q;-1/p+1. The molecule has 0 aromatic heterocycles. The number of hydrogen-bond acceptors (Lipinski definition) is 4. The van der Waals surface area contributed by atoms with E-state index >= 15 is 0 Å². The predicted molar refractivity (Wildman–Crippen MR) is 115 cm³/mol. The van der Waals surface area contributed by atoms with Gasteiger partial charge in [0.25, 0.3) is 0 Å². The Morgan fingerprint density at radius 2 is 1.39 bits per heavy atom. The van der Waals surface area contributed by atoms with Crippen LogP contribution in [0.3, 0.4) is 0 Å². The van der Waals surface area contributed by atoms with Crippen molar-refractivity contribution in [3.05, 3.63) is 59.7 Å². The van der Waals surface area contributed by atoms with Crippen LogP contribution in [0.1, 0.15) is 11.1 Å². The van der Waals surface area contributed by atoms with Gasteiger partial charge in [-0.05, 0) is 41.8 Å². The fourth-order valence-electron chi connectivity index (χ4n) is 2.25. The number of isocyanates is 1. The normalized spacial score (nSPS) is 13.4. The minimum absolute atomic E-state index is 0.373. The van der Waals surface area contributed by atoms with Crippen LogP contribution < -0.4 is 5.32 Å². The van der Waals surface area contributed by atoms with Gasteiger partial charge in [-0.25, -0.2) is 9.59 Å². The minimum atomic E-state index is -10.7. The van der Waals surface area contributed by atoms with Crippen molar-refractivity contribution in [1.29, 1.82) is 0 Å². The molecule has 0 fully saturated rings. The summed E-state index contributed by atoms with van der Waals surface area (Å²) in [6.07, 6.45) is 1.83. The molecular formula is C20H24F6N3O3P. The Morgan fingerprint density at radius 1 is 0.939 bits per heavy atom. The van der Waals surface area contributed by atoms with E-state index in [-0.39, 0.29) is 0 Å². The van der Waals surface area contributed by atoms with Gasteiger partial charge in [-0.2, -0.15) is 4.99 Å². The van der Waals surface area contributed by atoms with Crippen LogP contribution in [0.15, 0.2) is 53.5 Å². The SMILES string of the molecule is C[N+](C)(C)CCOC(=O)Nc1ccc(Cc2ccc(N=C=O)cc2)cc1.F[P-](F)(F)(F)(F)F. The van der Waals surface area contributed by atoms with Crippen molar-refractivity contribution in [2.75, 3.05) is 39.6 Å². The second kappa shape index (κ2) is 9.91. The average Bonchev–Trinajstić information content (AvgIpc) is 2.61. The van der Waals surface area contributed by atoms with E-state index in [0.717, 1.165) is 28.6 Å². The topological polar surface area (TPSA) is 67.8 Å². The number of aliphatic imine (C=N–C) groups is 1. The first-order valence-corrected chi connectivity index (χ1v) is 11.4. The number of nitrogens with one attached hydrogen (secondary N) is 1. The van der Waals surface area contributed by atoms with Crippen molar-refractivity contribution in [1.82, 2.24) is 0 Å². The summed E-state index contributed by atoms with van der Waals surface area (Å²) in [6.45, 7) is 1.13. The third-order valence-corrected chi connectivity index (χ3v) is 3.71. The number of ether oxygens (including phenoxy) is 1. The zero-order chi connectivity index (χ0) is 25.4. The Morgan fingerprint density at radius 3 is 1.82 bits per heavy atom. The van der Waals surface area contributed by atoms with E-state index in [4.69, 9.17) is 4.74 Å². The third kappa shape index (κ3) is 17.3. The number of amides is 1. The van der Waals surface area contributed by atoms with Gasteiger partial charge in [-0.1, -0.05) is 24.3 Å². The van der Waals surface area contributed by atoms with E-state index in [0.29, 0.717) is 18.0 Å². The van der Waals surface area contributed by atoms with Gasteiger partial charge in [-0.15, -0.1) is 0 Å². The molecule has 0 unspecified atom stereocenters. The van der Waals surface area contributed by atoms with Crippen LogP contribution in [0, 0.1) is 0 Å². The molecule has 2 aromatic rings. The van der Waals surface area contributed by atoms with Crippen LogP contribution >= 0.6 is 7.81 Å². The van der Waals surface area contributed by atoms with Crippen molar-refractivity contribution >= 4 is 31.4 Å². The second-order valence-electron chi connectivity index (χ2n) is 7.98. The van der Waals surface area contributed by atoms with Gasteiger partial charge < -0.3 is 9.22 Å². The number of rotatable bonds is 7. The summed E-state index contributed by atoms with van der Waals surface area (Å²) in [5, 5.41) is 2.72. The molecule has 0 radical (unpaired) electrons. The monoisotopic (exact) mass is 499 g/mol. The molecule has 13 heteroatoms. The van der Waals surface area contributed by atoms with E-state index in [2.05, 4.69) is 10.3 Å². The molecule has 1 N–H and O–H groups in total. The predicted octanol–water partition coefficient (Wildman–Crippen LogP) is 6.88. The average molecular weight is 499 g/mol. The molecular weight excluding hydrogens is 475 g/mol. The van der Waals surface area contributed by atoms with Gasteiger partial charge in [0.05, 0.1) is 26.8 Å². The molecule has 0 atom stereocenters. The number of quaternary nitrogens is 1. The fraction of sp³-hybridized carbons (Fsp3) is 0.300. The Bertz CT molecular complexity index is 972. The first-order chi connectivity index (χ1) is 14.8. The van der Waals surface area contributed by atoms with Gasteiger partial charge in [0.1, 0.15) is 13.2 Å². The zero-order valence-electron chi connectivity index (χ0n) is 18.1. The van der Waals surface area contributed by atoms with Crippen LogP contribution in [0.4, 0.5) is 41.4 Å². The number of carbonyl (C=O) groups is 1. The maximum absolute atomic E-state index is 11.8. The first kappa shape index (κ1) is 28.1.